The van der Waals surface area contributed by atoms with Gasteiger partial charge in [0.25, 0.3) is 10.1 Å². The van der Waals surface area contributed by atoms with E-state index in [0.717, 1.165) is 12.0 Å². The molecule has 1 fully saturated rings. The summed E-state index contributed by atoms with van der Waals surface area (Å²) < 4.78 is 29.3. The lowest BCUT2D eigenvalue weighted by atomic mass is 9.72. The van der Waals surface area contributed by atoms with E-state index in [1.54, 1.807) is 24.3 Å². The highest BCUT2D eigenvalue weighted by Crippen LogP contribution is 2.39. The molecule has 0 amide bonds. The predicted molar refractivity (Wildman–Crippen MR) is 84.7 cm³/mol. The monoisotopic (exact) mass is 310 g/mol. The van der Waals surface area contributed by atoms with Crippen molar-refractivity contribution in [2.75, 3.05) is 6.61 Å². The third-order valence-corrected chi connectivity index (χ3v) is 5.86. The van der Waals surface area contributed by atoms with E-state index in [2.05, 4.69) is 13.8 Å². The first-order valence-corrected chi connectivity index (χ1v) is 9.15. The average molecular weight is 310 g/mol. The van der Waals surface area contributed by atoms with Crippen molar-refractivity contribution in [1.82, 2.24) is 0 Å². The van der Waals surface area contributed by atoms with Crippen molar-refractivity contribution in [1.29, 1.82) is 0 Å². The molecule has 1 aromatic rings. The van der Waals surface area contributed by atoms with E-state index < -0.39 is 10.1 Å². The summed E-state index contributed by atoms with van der Waals surface area (Å²) >= 11 is 0. The second kappa shape index (κ2) is 6.49. The van der Waals surface area contributed by atoms with E-state index in [1.165, 1.54) is 25.7 Å². The SMILES string of the molecule is Cc1ccc(S(=O)(=O)OCCC2CCC(C)(C)CC2)cc1. The van der Waals surface area contributed by atoms with Crippen LogP contribution in [0.3, 0.4) is 0 Å². The summed E-state index contributed by atoms with van der Waals surface area (Å²) in [5, 5.41) is 0. The van der Waals surface area contributed by atoms with Gasteiger partial charge in [0.1, 0.15) is 0 Å². The van der Waals surface area contributed by atoms with Crippen molar-refractivity contribution in [3.63, 3.8) is 0 Å². The summed E-state index contributed by atoms with van der Waals surface area (Å²) in [4.78, 5) is 0.248. The summed E-state index contributed by atoms with van der Waals surface area (Å²) in [6.07, 6.45) is 5.65. The molecule has 1 aromatic carbocycles. The van der Waals surface area contributed by atoms with Gasteiger partial charge >= 0.3 is 0 Å². The van der Waals surface area contributed by atoms with Crippen molar-refractivity contribution in [3.8, 4) is 0 Å². The zero-order valence-corrected chi connectivity index (χ0v) is 14.1. The fourth-order valence-corrected chi connectivity index (χ4v) is 3.77. The lowest BCUT2D eigenvalue weighted by Gasteiger charge is -2.34. The van der Waals surface area contributed by atoms with Gasteiger partial charge in [0.2, 0.25) is 0 Å². The minimum atomic E-state index is -3.60. The molecule has 1 aliphatic rings. The average Bonchev–Trinajstić information content (AvgIpc) is 2.41. The molecule has 3 nitrogen and oxygen atoms in total. The maximum Gasteiger partial charge on any atom is 0.296 e. The van der Waals surface area contributed by atoms with Gasteiger partial charge in [0.15, 0.2) is 0 Å². The molecule has 118 valence electrons. The maximum absolute atomic E-state index is 12.1. The molecule has 0 saturated heterocycles. The van der Waals surface area contributed by atoms with E-state index >= 15 is 0 Å². The van der Waals surface area contributed by atoms with E-state index in [-0.39, 0.29) is 4.90 Å². The van der Waals surface area contributed by atoms with Gasteiger partial charge in [-0.25, -0.2) is 0 Å². The molecule has 4 heteroatoms. The normalized spacial score (nSPS) is 19.6. The molecular weight excluding hydrogens is 284 g/mol. The van der Waals surface area contributed by atoms with Gasteiger partial charge in [-0.05, 0) is 62.5 Å². The molecule has 0 bridgehead atoms. The Hall–Kier alpha value is -0.870. The highest BCUT2D eigenvalue weighted by molar-refractivity contribution is 7.86. The van der Waals surface area contributed by atoms with Crippen molar-refractivity contribution < 1.29 is 12.6 Å². The summed E-state index contributed by atoms with van der Waals surface area (Å²) in [6, 6.07) is 6.79. The fraction of sp³-hybridized carbons (Fsp3) is 0.647. The molecule has 0 unspecified atom stereocenters. The van der Waals surface area contributed by atoms with Crippen LogP contribution >= 0.6 is 0 Å². The van der Waals surface area contributed by atoms with Crippen LogP contribution in [0.4, 0.5) is 0 Å². The molecule has 2 rings (SSSR count). The Bertz CT molecular complexity index is 548. The number of rotatable bonds is 5. The largest absolute Gasteiger partial charge is 0.296 e. The minimum Gasteiger partial charge on any atom is -0.266 e. The van der Waals surface area contributed by atoms with Gasteiger partial charge < -0.3 is 0 Å². The van der Waals surface area contributed by atoms with Crippen molar-refractivity contribution in [3.05, 3.63) is 29.8 Å². The maximum atomic E-state index is 12.1. The first-order chi connectivity index (χ1) is 9.78. The van der Waals surface area contributed by atoms with Crippen LogP contribution in [0.15, 0.2) is 29.2 Å². The third-order valence-electron chi connectivity index (χ3n) is 4.53. The Morgan fingerprint density at radius 2 is 1.71 bits per heavy atom. The highest BCUT2D eigenvalue weighted by Gasteiger charge is 2.27. The molecule has 0 N–H and O–H groups in total. The van der Waals surface area contributed by atoms with Gasteiger partial charge in [0.05, 0.1) is 11.5 Å². The van der Waals surface area contributed by atoms with Crippen LogP contribution < -0.4 is 0 Å². The zero-order valence-electron chi connectivity index (χ0n) is 13.3. The Balaban J connectivity index is 1.82. The van der Waals surface area contributed by atoms with Crippen LogP contribution in [0.25, 0.3) is 0 Å². The number of hydrogen-bond donors (Lipinski definition) is 0. The number of aryl methyl sites for hydroxylation is 1. The third kappa shape index (κ3) is 4.82. The van der Waals surface area contributed by atoms with E-state index in [9.17, 15) is 8.42 Å². The predicted octanol–water partition coefficient (Wildman–Crippen LogP) is 4.31. The number of hydrogen-bond acceptors (Lipinski definition) is 3. The molecular formula is C17H26O3S. The van der Waals surface area contributed by atoms with Crippen molar-refractivity contribution in [2.45, 2.75) is 57.8 Å². The standard InChI is InChI=1S/C17H26O3S/c1-14-4-6-16(7-5-14)21(18,19)20-13-10-15-8-11-17(2,3)12-9-15/h4-7,15H,8-13H2,1-3H3. The van der Waals surface area contributed by atoms with Gasteiger partial charge in [-0.3, -0.25) is 4.18 Å². The highest BCUT2D eigenvalue weighted by atomic mass is 32.2. The fourth-order valence-electron chi connectivity index (χ4n) is 2.85. The van der Waals surface area contributed by atoms with E-state index in [4.69, 9.17) is 4.18 Å². The van der Waals surface area contributed by atoms with Gasteiger partial charge in [0, 0.05) is 0 Å². The van der Waals surface area contributed by atoms with Crippen LogP contribution in [-0.4, -0.2) is 15.0 Å². The van der Waals surface area contributed by atoms with Crippen molar-refractivity contribution >= 4 is 10.1 Å². The second-order valence-corrected chi connectivity index (χ2v) is 8.60. The van der Waals surface area contributed by atoms with Crippen LogP contribution in [0.1, 0.15) is 51.5 Å². The lowest BCUT2D eigenvalue weighted by molar-refractivity contribution is 0.168. The Morgan fingerprint density at radius 1 is 1.14 bits per heavy atom. The van der Waals surface area contributed by atoms with Gasteiger partial charge in [-0.2, -0.15) is 8.42 Å². The molecule has 1 aliphatic carbocycles. The molecule has 0 atom stereocenters. The molecule has 0 aliphatic heterocycles. The Morgan fingerprint density at radius 3 is 2.29 bits per heavy atom. The van der Waals surface area contributed by atoms with Crippen LogP contribution in [-0.2, 0) is 14.3 Å². The lowest BCUT2D eigenvalue weighted by Crippen LogP contribution is -2.22. The minimum absolute atomic E-state index is 0.248. The summed E-state index contributed by atoms with van der Waals surface area (Å²) in [5.74, 6) is 0.603. The zero-order chi connectivity index (χ0) is 15.5. The van der Waals surface area contributed by atoms with E-state index in [1.807, 2.05) is 6.92 Å². The summed E-state index contributed by atoms with van der Waals surface area (Å²) in [5.41, 5.74) is 1.49. The van der Waals surface area contributed by atoms with Crippen molar-refractivity contribution in [2.24, 2.45) is 11.3 Å². The van der Waals surface area contributed by atoms with Crippen LogP contribution in [0.5, 0.6) is 0 Å². The molecule has 0 spiro atoms. The first-order valence-electron chi connectivity index (χ1n) is 7.75. The van der Waals surface area contributed by atoms with Gasteiger partial charge in [-0.1, -0.05) is 31.5 Å². The van der Waals surface area contributed by atoms with Gasteiger partial charge in [-0.15, -0.1) is 0 Å². The topological polar surface area (TPSA) is 43.4 Å². The first kappa shape index (κ1) is 16.5. The molecule has 0 aromatic heterocycles. The van der Waals surface area contributed by atoms with Crippen LogP contribution in [0, 0.1) is 18.3 Å². The molecule has 1 saturated carbocycles. The van der Waals surface area contributed by atoms with E-state index in [0.29, 0.717) is 17.9 Å². The molecule has 21 heavy (non-hydrogen) atoms. The van der Waals surface area contributed by atoms with Crippen LogP contribution in [0.2, 0.25) is 0 Å². The summed E-state index contributed by atoms with van der Waals surface area (Å²) in [6.45, 7) is 6.84. The molecule has 0 heterocycles. The smallest absolute Gasteiger partial charge is 0.266 e. The second-order valence-electron chi connectivity index (χ2n) is 6.99. The quantitative estimate of drug-likeness (QED) is 0.761. The summed E-state index contributed by atoms with van der Waals surface area (Å²) in [7, 11) is -3.60. The Kier molecular flexibility index (Phi) is 5.10. The Labute approximate surface area is 128 Å². The number of benzene rings is 1. The molecule has 0 radical (unpaired) electrons.